The minimum absolute atomic E-state index is 0.0260. The van der Waals surface area contributed by atoms with Crippen LogP contribution in [0.2, 0.25) is 20.5 Å². The molecule has 3 unspecified atom stereocenters. The molecule has 19 rings (SSSR count). The number of rotatable bonds is 18. The van der Waals surface area contributed by atoms with Gasteiger partial charge in [-0.2, -0.15) is 0 Å². The molecule has 15 heterocycles. The highest BCUT2D eigenvalue weighted by Gasteiger charge is 2.52. The molecule has 4 aliphatic rings. The number of nitrogens with two attached hydrogens (primary N) is 3. The van der Waals surface area contributed by atoms with E-state index in [0.717, 1.165) is 92.7 Å². The number of fused-ring (bicyclic) bond motifs is 3. The summed E-state index contributed by atoms with van der Waals surface area (Å²) in [7, 11) is -14.6. The summed E-state index contributed by atoms with van der Waals surface area (Å²) in [5.74, 6) is -0.609. The van der Waals surface area contributed by atoms with E-state index in [-0.39, 0.29) is 114 Å². The van der Waals surface area contributed by atoms with Gasteiger partial charge in [0, 0.05) is 124 Å². The van der Waals surface area contributed by atoms with Gasteiger partial charge in [0.25, 0.3) is 25.1 Å². The summed E-state index contributed by atoms with van der Waals surface area (Å²) in [5.41, 5.74) is 21.0. The number of imidazole rings is 3. The van der Waals surface area contributed by atoms with Gasteiger partial charge in [-0.3, -0.25) is 13.7 Å². The van der Waals surface area contributed by atoms with Crippen molar-refractivity contribution in [2.24, 2.45) is 0 Å². The van der Waals surface area contributed by atoms with Crippen LogP contribution in [-0.4, -0.2) is 165 Å². The number of aryl methyl sites for hydroxylation is 4. The highest BCUT2D eigenvalue weighted by molar-refractivity contribution is 9.11. The molecule has 4 aliphatic heterocycles. The Morgan fingerprint density at radius 2 is 0.800 bits per heavy atom. The molecule has 4 aromatic carbocycles. The third kappa shape index (κ3) is 27.9. The Morgan fingerprint density at radius 1 is 0.448 bits per heavy atom. The topological polar surface area (TPSA) is 446 Å². The second-order valence-corrected chi connectivity index (χ2v) is 50.0. The molecule has 0 saturated carbocycles. The predicted octanol–water partition coefficient (Wildman–Crippen LogP) is 23.5. The fraction of sp³-hybridized carbons (Fsp3) is 0.348. The van der Waals surface area contributed by atoms with E-state index in [1.807, 2.05) is 61.6 Å². The van der Waals surface area contributed by atoms with Gasteiger partial charge in [-0.05, 0) is 213 Å². The first-order valence-electron chi connectivity index (χ1n) is 44.1. The van der Waals surface area contributed by atoms with Crippen LogP contribution >= 0.6 is 108 Å². The SMILES string of the molecule is CC1(C)OB(c2ccc(N)c(S(C)(=O)=O)c2)OC1(C)C.Cc1cnc(-c2ccc(N)c(S(C)(=O)=O)c2)s1.Cc1cnc(-c2ccc(Nc3cc(Cl)nc4c3nc(C(F)F)n4C3CCCCO3)c(S(C)(=O)=O)c2)s1.Cc1cnc(-c2ccc(Nc3cc(Cl)nc4c3nc(C(F)F)n4C3CCCCO3)c(S(C)(=O)=O)c2)s1.Cc1cnc(Br)s1.FC(F)c1nc2c(Cl)cc(Cl)nc2n1C1CCCCO1.[C-]#[N+]c1cccc(N)n1. The van der Waals surface area contributed by atoms with Gasteiger partial charge >= 0.3 is 7.12 Å². The summed E-state index contributed by atoms with van der Waals surface area (Å²) in [6.45, 7) is 23.6. The summed E-state index contributed by atoms with van der Waals surface area (Å²) in [4.78, 5) is 53.1. The van der Waals surface area contributed by atoms with Crippen LogP contribution in [0.5, 0.6) is 0 Å². The highest BCUT2D eigenvalue weighted by atomic mass is 79.9. The monoisotopic (exact) mass is 2290 g/mol. The maximum atomic E-state index is 14.0. The molecule has 33 nitrogen and oxygen atoms in total. The van der Waals surface area contributed by atoms with Crippen molar-refractivity contribution in [2.75, 3.05) is 72.7 Å². The molecular weight excluding hydrogens is 2200 g/mol. The zero-order chi connectivity index (χ0) is 105. The molecule has 4 saturated heterocycles. The smallest absolute Gasteiger partial charge is 0.399 e. The normalized spacial score (nSPS) is 16.3. The molecule has 3 atom stereocenters. The van der Waals surface area contributed by atoms with E-state index < -0.39 is 107 Å². The Morgan fingerprint density at radius 3 is 1.12 bits per heavy atom. The number of aromatic nitrogens is 14. The Labute approximate surface area is 876 Å². The van der Waals surface area contributed by atoms with Crippen molar-refractivity contribution >= 4 is 239 Å². The van der Waals surface area contributed by atoms with Crippen molar-refractivity contribution in [2.45, 2.75) is 182 Å². The molecular formula is C92H96BBrCl4F6N20O13S8. The van der Waals surface area contributed by atoms with E-state index in [1.54, 1.807) is 103 Å². The number of sulfone groups is 4. The third-order valence-electron chi connectivity index (χ3n) is 22.5. The van der Waals surface area contributed by atoms with Gasteiger partial charge in [-0.25, -0.2) is 110 Å². The molecule has 8 N–H and O–H groups in total. The number of hydrogen-bond donors (Lipinski definition) is 5. The third-order valence-corrected chi connectivity index (χ3v) is 32.3. The average Bonchev–Trinajstić information content (AvgIpc) is 1.63. The fourth-order valence-electron chi connectivity index (χ4n) is 15.1. The number of hydrogen-bond acceptors (Lipinski definition) is 33. The number of benzene rings is 4. The molecule has 770 valence electrons. The molecule has 53 heteroatoms. The van der Waals surface area contributed by atoms with Gasteiger partial charge in [0.1, 0.15) is 65.7 Å². The van der Waals surface area contributed by atoms with Gasteiger partial charge in [-0.15, -0.1) is 50.3 Å². The second kappa shape index (κ2) is 47.1. The Bertz CT molecular complexity index is 7540. The number of pyridine rings is 4. The summed E-state index contributed by atoms with van der Waals surface area (Å²) >= 11 is 33.7. The van der Waals surface area contributed by atoms with Gasteiger partial charge in [0.2, 0.25) is 5.82 Å². The van der Waals surface area contributed by atoms with E-state index in [1.165, 1.54) is 89.0 Å². The van der Waals surface area contributed by atoms with Gasteiger partial charge in [-0.1, -0.05) is 65.1 Å². The molecule has 0 radical (unpaired) electrons. The molecule has 11 aromatic heterocycles. The van der Waals surface area contributed by atoms with Crippen LogP contribution in [0.15, 0.2) is 157 Å². The largest absolute Gasteiger partial charge is 0.494 e. The van der Waals surface area contributed by atoms with E-state index in [9.17, 15) is 60.0 Å². The van der Waals surface area contributed by atoms with E-state index in [2.05, 4.69) is 86.2 Å². The first-order valence-corrected chi connectivity index (χ1v) is 57.2. The van der Waals surface area contributed by atoms with Crippen molar-refractivity contribution in [1.29, 1.82) is 0 Å². The van der Waals surface area contributed by atoms with E-state index in [4.69, 9.17) is 93.7 Å². The molecule has 0 aliphatic carbocycles. The average molecular weight is 2290 g/mol. The number of thiazole rings is 4. The van der Waals surface area contributed by atoms with Crippen molar-refractivity contribution in [3.63, 3.8) is 0 Å². The fourth-order valence-corrected chi connectivity index (χ4v) is 23.0. The van der Waals surface area contributed by atoms with Gasteiger partial charge in [0.15, 0.2) is 77.7 Å². The standard InChI is InChI=1S/2C23H22ClF2N5O3S2.C13H20BNO4S.C12H11Cl2F2N3O.C11H12N2O2S2.C6H5N3.C4H4BrNS/c2*1-12-11-27-23(35-12)13-6-7-14(16(9-13)36(2,32)33)28-15-10-17(24)29-21-19(15)30-22(20(25)26)31(21)18-5-3-4-8-34-18;1-12(2)13(3,4)19-14(18-12)9-6-7-10(15)11(8-9)20(5,16)17;13-6-5-7(14)17-11-9(6)18-12(10(15)16)19(11)8-3-1-2-4-20-8;1-7-6-13-11(16-7)8-3-4-9(12)10(5-8)17(2,14)15;1-8-6-4-2-3-5(7)9-6;1-3-2-6-4(5)7-3/h2*6-7,9-11,18,20H,3-5,8H2,1-2H3,(H,28,29);6-8H,15H2,1-5H3;5,8,10H,1-4H2;3-6H,12H2,1-2H3;2-4H,(H2,7,9);2H,1H3. The maximum Gasteiger partial charge on any atom is 0.494 e. The summed E-state index contributed by atoms with van der Waals surface area (Å²) in [6, 6.07) is 28.8. The Balaban J connectivity index is 0.000000150. The number of alkyl halides is 6. The van der Waals surface area contributed by atoms with Crippen LogP contribution in [0, 0.1) is 34.3 Å². The summed E-state index contributed by atoms with van der Waals surface area (Å²) in [5, 5.41) is 8.69. The molecule has 0 spiro atoms. The number of halogens is 11. The molecule has 15 aromatic rings. The Kier molecular flexibility index (Phi) is 36.4. The number of nitrogen functional groups attached to an aromatic ring is 3. The lowest BCUT2D eigenvalue weighted by atomic mass is 9.79. The van der Waals surface area contributed by atoms with Gasteiger partial charge < -0.3 is 56.2 Å². The van der Waals surface area contributed by atoms with Crippen molar-refractivity contribution < 1.29 is 83.5 Å². The minimum Gasteiger partial charge on any atom is -0.399 e. The quantitative estimate of drug-likeness (QED) is 0.0175. The Hall–Kier alpha value is -10.2. The van der Waals surface area contributed by atoms with Crippen LogP contribution < -0.4 is 33.3 Å². The lowest BCUT2D eigenvalue weighted by molar-refractivity contribution is -0.0363. The van der Waals surface area contributed by atoms with Gasteiger partial charge in [0.05, 0.1) is 69.9 Å². The zero-order valence-corrected chi connectivity index (χ0v) is 90.5. The zero-order valence-electron chi connectivity index (χ0n) is 79.4. The van der Waals surface area contributed by atoms with E-state index in [0.29, 0.717) is 77.3 Å². The summed E-state index contributed by atoms with van der Waals surface area (Å²) < 4.78 is 213. The first kappa shape index (κ1) is 112. The lowest BCUT2D eigenvalue weighted by Crippen LogP contribution is -2.41. The first-order chi connectivity index (χ1) is 68.2. The predicted molar refractivity (Wildman–Crippen MR) is 560 cm³/mol. The number of nitrogens with one attached hydrogen (secondary N) is 2. The number of nitrogens with zero attached hydrogens (tertiary/aromatic N) is 15. The van der Waals surface area contributed by atoms with Crippen molar-refractivity contribution in [1.82, 2.24) is 68.5 Å². The summed E-state index contributed by atoms with van der Waals surface area (Å²) in [6.07, 6.45) is 8.14. The molecule has 4 fully saturated rings. The van der Waals surface area contributed by atoms with Crippen LogP contribution in [0.4, 0.5) is 72.1 Å². The lowest BCUT2D eigenvalue weighted by Gasteiger charge is -2.32. The van der Waals surface area contributed by atoms with Crippen LogP contribution in [-0.2, 0) is 62.9 Å². The van der Waals surface area contributed by atoms with Crippen molar-refractivity contribution in [3.8, 4) is 31.7 Å². The molecule has 0 bridgehead atoms. The number of anilines is 7. The van der Waals surface area contributed by atoms with Crippen LogP contribution in [0.1, 0.15) is 160 Å². The number of ether oxygens (including phenoxy) is 3. The second-order valence-electron chi connectivity index (χ2n) is 34.3. The van der Waals surface area contributed by atoms with Crippen LogP contribution in [0.25, 0.3) is 70.0 Å². The van der Waals surface area contributed by atoms with Crippen LogP contribution in [0.3, 0.4) is 0 Å². The molecule has 0 amide bonds. The molecule has 145 heavy (non-hydrogen) atoms. The van der Waals surface area contributed by atoms with Crippen molar-refractivity contribution in [3.05, 3.63) is 207 Å². The highest BCUT2D eigenvalue weighted by Crippen LogP contribution is 2.45. The maximum absolute atomic E-state index is 14.0. The van der Waals surface area contributed by atoms with E-state index >= 15 is 0 Å². The minimum atomic E-state index is -3.67.